The molecular formula is C42H59N9O15S. The normalized spacial score (nSPS) is 25.4. The Kier molecular flexibility index (Phi) is 18.9. The summed E-state index contributed by atoms with van der Waals surface area (Å²) in [6.45, 7) is 2.97. The van der Waals surface area contributed by atoms with Crippen LogP contribution in [0.15, 0.2) is 54.6 Å². The Balaban J connectivity index is 1.86. The highest BCUT2D eigenvalue weighted by Gasteiger charge is 2.46. The van der Waals surface area contributed by atoms with Crippen molar-refractivity contribution in [1.29, 1.82) is 5.41 Å². The minimum Gasteiger partial charge on any atom is -0.508 e. The molecule has 0 spiro atoms. The number of fused-ring (bicyclic) bond motifs is 2. The number of benzene rings is 2. The second-order valence-corrected chi connectivity index (χ2v) is 17.6. The van der Waals surface area contributed by atoms with Crippen LogP contribution in [0.5, 0.6) is 5.75 Å². The molecule has 25 heteroatoms. The maximum atomic E-state index is 15.0. The lowest BCUT2D eigenvalue weighted by Gasteiger charge is -2.43. The van der Waals surface area contributed by atoms with Crippen LogP contribution in [0.25, 0.3) is 0 Å². The van der Waals surface area contributed by atoms with E-state index in [1.807, 2.05) is 0 Å². The maximum absolute atomic E-state index is 15.0. The average Bonchev–Trinajstić information content (AvgIpc) is 3.26. The lowest BCUT2D eigenvalue weighted by atomic mass is 9.95. The fraction of sp³-hybridized carbons (Fsp3) is 0.524. The molecule has 2 bridgehead atoms. The number of cyclic esters (lactones) is 1. The van der Waals surface area contributed by atoms with Gasteiger partial charge in [-0.25, -0.2) is 8.98 Å². The Bertz CT molecular complexity index is 2220. The number of hydrogen-bond donors (Lipinski definition) is 11. The number of phenols is 1. The van der Waals surface area contributed by atoms with Crippen LogP contribution in [0.3, 0.4) is 0 Å². The number of aromatic hydroxyl groups is 1. The second-order valence-electron chi connectivity index (χ2n) is 16.5. The number of hydrogen-bond acceptors (Lipinski definition) is 15. The number of aliphatic hydroxyl groups is 2. The summed E-state index contributed by atoms with van der Waals surface area (Å²) in [5.74, 6) is -8.54. The molecule has 12 N–H and O–H groups in total. The number of amides is 6. The molecule has 0 radical (unpaired) electrons. The average molecular weight is 962 g/mol. The number of carbonyl (C=O) groups excluding carboxylic acids is 7. The van der Waals surface area contributed by atoms with Gasteiger partial charge in [-0.1, -0.05) is 56.3 Å². The number of likely N-dealkylation sites (N-methyl/N-ethyl adjacent to an activating group) is 1. The van der Waals surface area contributed by atoms with E-state index in [1.165, 1.54) is 31.3 Å². The van der Waals surface area contributed by atoms with Crippen LogP contribution in [0.1, 0.15) is 57.6 Å². The molecule has 2 aliphatic rings. The topological polar surface area (TPSA) is 370 Å². The molecular weight excluding hydrogens is 903 g/mol. The van der Waals surface area contributed by atoms with Gasteiger partial charge < -0.3 is 62.2 Å². The van der Waals surface area contributed by atoms with Crippen LogP contribution in [0.2, 0.25) is 0 Å². The van der Waals surface area contributed by atoms with Gasteiger partial charge in [0.2, 0.25) is 29.5 Å². The summed E-state index contributed by atoms with van der Waals surface area (Å²) >= 11 is 0. The van der Waals surface area contributed by atoms with Crippen molar-refractivity contribution in [3.63, 3.8) is 0 Å². The van der Waals surface area contributed by atoms with Crippen molar-refractivity contribution in [2.45, 2.75) is 114 Å². The lowest BCUT2D eigenvalue weighted by Crippen LogP contribution is -2.65. The van der Waals surface area contributed by atoms with Crippen molar-refractivity contribution in [1.82, 2.24) is 36.4 Å². The number of nitrogens with one attached hydrogen (secondary N) is 6. The summed E-state index contributed by atoms with van der Waals surface area (Å²) in [4.78, 5) is 102. The highest BCUT2D eigenvalue weighted by atomic mass is 32.3. The Morgan fingerprint density at radius 2 is 1.55 bits per heavy atom. The lowest BCUT2D eigenvalue weighted by molar-refractivity contribution is -0.165. The van der Waals surface area contributed by atoms with Crippen LogP contribution < -0.4 is 32.3 Å². The van der Waals surface area contributed by atoms with Crippen molar-refractivity contribution in [2.24, 2.45) is 11.7 Å². The standard InChI is InChI=1S/C42H59N9O15S/c1-22(2)33-41(61)66-23(3)34(49-37(57)31(53)21-65-67(62,63)64)38(58)46-27(11-8-18-45-42(43)44)35(55)47-28-16-17-32(54)51(39(28)59)30(20-24-9-6-5-7-10-24)40(60)50(4)29(36(56)48-33)19-25-12-14-26(52)15-13-25/h5-7,9-10,12-15,22-23,27-34,52-54H,8,11,16-21H2,1-4H3,(H,46,58)(H,47,55)(H,48,56)(H,49,57)(H4,43,44,45)(H,62,63,64)/t23-,27+,28+,29+,30+,31+,32-,33+,34+/m1/s1. The monoisotopic (exact) mass is 961 g/mol. The predicted octanol–water partition coefficient (Wildman–Crippen LogP) is -2.70. The van der Waals surface area contributed by atoms with E-state index in [1.54, 1.807) is 44.2 Å². The van der Waals surface area contributed by atoms with Crippen molar-refractivity contribution >= 4 is 57.8 Å². The maximum Gasteiger partial charge on any atom is 0.397 e. The minimum atomic E-state index is -5.14. The Morgan fingerprint density at radius 3 is 2.16 bits per heavy atom. The van der Waals surface area contributed by atoms with Crippen molar-refractivity contribution in [3.05, 3.63) is 65.7 Å². The van der Waals surface area contributed by atoms with E-state index in [0.717, 1.165) is 16.7 Å². The van der Waals surface area contributed by atoms with Gasteiger partial charge in [-0.05, 0) is 61.8 Å². The number of piperidine rings is 1. The summed E-state index contributed by atoms with van der Waals surface area (Å²) < 4.78 is 41.0. The van der Waals surface area contributed by atoms with Crippen LogP contribution >= 0.6 is 0 Å². The summed E-state index contributed by atoms with van der Waals surface area (Å²) in [6, 6.07) is 4.96. The third-order valence-corrected chi connectivity index (χ3v) is 11.6. The number of nitrogens with two attached hydrogens (primary N) is 1. The molecule has 9 atom stereocenters. The molecule has 6 amide bonds. The Labute approximate surface area is 386 Å². The van der Waals surface area contributed by atoms with E-state index in [-0.39, 0.29) is 50.8 Å². The largest absolute Gasteiger partial charge is 0.508 e. The number of rotatable bonds is 14. The van der Waals surface area contributed by atoms with Gasteiger partial charge >= 0.3 is 16.4 Å². The van der Waals surface area contributed by atoms with Gasteiger partial charge in [-0.2, -0.15) is 8.42 Å². The Hall–Kier alpha value is -6.41. The number of aliphatic hydroxyl groups excluding tert-OH is 2. The number of nitrogens with zero attached hydrogens (tertiary/aromatic N) is 2. The van der Waals surface area contributed by atoms with E-state index in [4.69, 9.17) is 20.4 Å². The van der Waals surface area contributed by atoms with Gasteiger partial charge in [-0.15, -0.1) is 0 Å². The summed E-state index contributed by atoms with van der Waals surface area (Å²) in [5, 5.41) is 51.7. The second kappa shape index (κ2) is 23.9. The molecule has 24 nitrogen and oxygen atoms in total. The molecule has 2 aliphatic heterocycles. The van der Waals surface area contributed by atoms with E-state index >= 15 is 0 Å². The molecule has 0 saturated carbocycles. The van der Waals surface area contributed by atoms with Crippen molar-refractivity contribution in [2.75, 3.05) is 20.2 Å². The fourth-order valence-electron chi connectivity index (χ4n) is 7.47. The van der Waals surface area contributed by atoms with Crippen LogP contribution in [0, 0.1) is 11.3 Å². The molecule has 2 heterocycles. The molecule has 2 aromatic carbocycles. The molecule has 2 fully saturated rings. The number of esters is 1. The van der Waals surface area contributed by atoms with Crippen LogP contribution in [-0.4, -0.2) is 160 Å². The zero-order chi connectivity index (χ0) is 49.7. The van der Waals surface area contributed by atoms with Gasteiger partial charge in [0.25, 0.3) is 5.91 Å². The van der Waals surface area contributed by atoms with Crippen LogP contribution in [-0.2, 0) is 65.7 Å². The van der Waals surface area contributed by atoms with Gasteiger partial charge in [0.15, 0.2) is 12.1 Å². The first-order valence-electron chi connectivity index (χ1n) is 21.4. The fourth-order valence-corrected chi connectivity index (χ4v) is 7.77. The number of ether oxygens (including phenoxy) is 1. The van der Waals surface area contributed by atoms with Gasteiger partial charge in [0.05, 0.1) is 0 Å². The summed E-state index contributed by atoms with van der Waals surface area (Å²) in [5.41, 5.74) is 6.44. The molecule has 2 aromatic rings. The first-order valence-corrected chi connectivity index (χ1v) is 22.7. The number of phenolic OH excluding ortho intramolecular Hbond substituents is 1. The molecule has 0 unspecified atom stereocenters. The highest BCUT2D eigenvalue weighted by Crippen LogP contribution is 2.25. The van der Waals surface area contributed by atoms with Gasteiger partial charge in [0, 0.05) is 26.4 Å². The SMILES string of the molecule is CC(C)[C@@H]1NC(=O)[C@H](Cc2ccc(O)cc2)N(C)C(=O)[C@H](Cc2ccccc2)N2C(=O)[C@H](CC[C@H]2O)NC(=O)[C@H](CCCNC(=N)N)NC(=O)[C@@H](NC(=O)[C@@H](O)COS(=O)(=O)O)[C@@H](C)OC1=O. The predicted molar refractivity (Wildman–Crippen MR) is 235 cm³/mol. The zero-order valence-electron chi connectivity index (χ0n) is 37.3. The van der Waals surface area contributed by atoms with Crippen molar-refractivity contribution < 1.29 is 70.8 Å². The van der Waals surface area contributed by atoms with Gasteiger partial charge in [0.1, 0.15) is 60.9 Å². The smallest absolute Gasteiger partial charge is 0.397 e. The molecule has 368 valence electrons. The van der Waals surface area contributed by atoms with E-state index in [9.17, 15) is 57.3 Å². The van der Waals surface area contributed by atoms with E-state index in [0.29, 0.717) is 11.1 Å². The highest BCUT2D eigenvalue weighted by molar-refractivity contribution is 7.80. The first kappa shape index (κ1) is 53.2. The number of guanidine groups is 1. The quantitative estimate of drug-likeness (QED) is 0.0302. The molecule has 2 saturated heterocycles. The first-order chi connectivity index (χ1) is 31.5. The molecule has 0 aromatic heterocycles. The third-order valence-electron chi connectivity index (χ3n) is 11.1. The van der Waals surface area contributed by atoms with Crippen LogP contribution in [0.4, 0.5) is 0 Å². The van der Waals surface area contributed by atoms with Gasteiger partial charge in [-0.3, -0.25) is 38.7 Å². The summed E-state index contributed by atoms with van der Waals surface area (Å²) in [6.07, 6.45) is -6.33. The Morgan fingerprint density at radius 1 is 0.925 bits per heavy atom. The van der Waals surface area contributed by atoms with E-state index in [2.05, 4.69) is 30.8 Å². The summed E-state index contributed by atoms with van der Waals surface area (Å²) in [7, 11) is -3.83. The molecule has 67 heavy (non-hydrogen) atoms. The molecule has 4 rings (SSSR count). The third kappa shape index (κ3) is 15.3. The van der Waals surface area contributed by atoms with Crippen molar-refractivity contribution in [3.8, 4) is 5.75 Å². The van der Waals surface area contributed by atoms with E-state index < -0.39 is 125 Å². The molecule has 0 aliphatic carbocycles. The number of carbonyl (C=O) groups is 7. The minimum absolute atomic E-state index is 0.0261. The zero-order valence-corrected chi connectivity index (χ0v) is 38.1.